The molecule has 1 aromatic rings. The van der Waals surface area contributed by atoms with Crippen molar-refractivity contribution < 1.29 is 71.4 Å². The molecule has 1 aromatic heterocycles. The molecule has 16 heteroatoms. The number of aliphatic imine (C=N–C) groups is 1. The molecule has 2 aliphatic carbocycles. The van der Waals surface area contributed by atoms with Crippen molar-refractivity contribution in [1.29, 1.82) is 0 Å². The van der Waals surface area contributed by atoms with Crippen LogP contribution in [0.3, 0.4) is 0 Å². The van der Waals surface area contributed by atoms with Crippen LogP contribution in [0.25, 0.3) is 6.08 Å². The summed E-state index contributed by atoms with van der Waals surface area (Å²) in [6.07, 6.45) is 5.52. The Labute approximate surface area is 353 Å². The van der Waals surface area contributed by atoms with E-state index in [-0.39, 0.29) is 89.7 Å². The van der Waals surface area contributed by atoms with Crippen molar-refractivity contribution >= 4 is 57.4 Å². The van der Waals surface area contributed by atoms with Crippen LogP contribution < -0.4 is 40.2 Å². The average molecular weight is 815 g/mol. The van der Waals surface area contributed by atoms with Crippen molar-refractivity contribution in [3.63, 3.8) is 0 Å². The number of carbonyl (C=O) groups is 3. The second-order valence-corrected chi connectivity index (χ2v) is 19.0. The summed E-state index contributed by atoms with van der Waals surface area (Å²) in [7, 11) is -4.35. The first-order chi connectivity index (χ1) is 25.2. The SMILES string of the molecule is CC(=O)Nc1[nH]c(/C=C2\N=C(NC(=O)C(C)SCCCS(=O)(=O)[O-])C(C(=O)OC3C(C)CC(C)CC3C)=C2C)c(C)c1COOC1C(C)CC(C)CC1C.[Na+]. The van der Waals surface area contributed by atoms with Crippen LogP contribution in [-0.4, -0.2) is 70.5 Å². The van der Waals surface area contributed by atoms with E-state index in [2.05, 4.69) is 57.2 Å². The van der Waals surface area contributed by atoms with Gasteiger partial charge in [-0.05, 0) is 111 Å². The van der Waals surface area contributed by atoms with Crippen LogP contribution in [0.4, 0.5) is 5.82 Å². The Bertz CT molecular complexity index is 1730. The van der Waals surface area contributed by atoms with Crippen LogP contribution in [0.5, 0.6) is 0 Å². The zero-order valence-electron chi connectivity index (χ0n) is 34.4. The zero-order valence-corrected chi connectivity index (χ0v) is 38.0. The molecule has 2 saturated carbocycles. The fourth-order valence-electron chi connectivity index (χ4n) is 8.40. The largest absolute Gasteiger partial charge is 1.00 e. The van der Waals surface area contributed by atoms with Gasteiger partial charge in [-0.1, -0.05) is 41.5 Å². The second kappa shape index (κ2) is 20.6. The van der Waals surface area contributed by atoms with Crippen molar-refractivity contribution in [2.45, 2.75) is 125 Å². The third kappa shape index (κ3) is 13.0. The number of H-pyrrole nitrogens is 1. The number of amides is 2. The third-order valence-electron chi connectivity index (χ3n) is 10.9. The Morgan fingerprint density at radius 3 is 2.07 bits per heavy atom. The minimum absolute atomic E-state index is 0. The smallest absolute Gasteiger partial charge is 0.748 e. The number of aromatic amines is 1. The Morgan fingerprint density at radius 2 is 1.53 bits per heavy atom. The van der Waals surface area contributed by atoms with E-state index >= 15 is 0 Å². The fourth-order valence-corrected chi connectivity index (χ4v) is 9.96. The van der Waals surface area contributed by atoms with Gasteiger partial charge in [0, 0.05) is 23.9 Å². The zero-order chi connectivity index (χ0) is 40.1. The number of nitrogens with zero attached hydrogens (tertiary/aromatic N) is 1. The number of hydrogen-bond donors (Lipinski definition) is 3. The van der Waals surface area contributed by atoms with E-state index in [0.717, 1.165) is 31.2 Å². The normalized spacial score (nSPS) is 28.3. The number of hydrogen-bond acceptors (Lipinski definition) is 11. The predicted octanol–water partition coefficient (Wildman–Crippen LogP) is 3.66. The second-order valence-electron chi connectivity index (χ2n) is 16.1. The van der Waals surface area contributed by atoms with Crippen LogP contribution in [0.15, 0.2) is 21.8 Å². The molecule has 3 N–H and O–H groups in total. The molecule has 2 fully saturated rings. The molecule has 2 heterocycles. The quantitative estimate of drug-likeness (QED) is 0.0625. The number of nitrogens with one attached hydrogen (secondary N) is 3. The number of rotatable bonds is 14. The maximum atomic E-state index is 14.0. The summed E-state index contributed by atoms with van der Waals surface area (Å²) in [4.78, 5) is 59.4. The molecule has 3 aliphatic rings. The van der Waals surface area contributed by atoms with Gasteiger partial charge >= 0.3 is 35.5 Å². The fraction of sp³-hybridized carbons (Fsp3) is 0.692. The van der Waals surface area contributed by atoms with Gasteiger partial charge in [-0.3, -0.25) is 9.59 Å². The minimum atomic E-state index is -4.35. The summed E-state index contributed by atoms with van der Waals surface area (Å²) >= 11 is 1.20. The Hall–Kier alpha value is -1.98. The van der Waals surface area contributed by atoms with E-state index in [0.29, 0.717) is 52.0 Å². The van der Waals surface area contributed by atoms with Gasteiger partial charge in [0.1, 0.15) is 29.9 Å². The number of thioether (sulfide) groups is 1. The number of aromatic nitrogens is 1. The van der Waals surface area contributed by atoms with Gasteiger partial charge in [0.05, 0.1) is 27.2 Å². The molecule has 0 radical (unpaired) electrons. The molecule has 13 nitrogen and oxygen atoms in total. The Morgan fingerprint density at radius 1 is 0.964 bits per heavy atom. The molecule has 1 aliphatic heterocycles. The maximum Gasteiger partial charge on any atom is 1.00 e. The maximum absolute atomic E-state index is 14.0. The topological polar surface area (TPSA) is 188 Å². The molecule has 5 unspecified atom stereocenters. The van der Waals surface area contributed by atoms with Gasteiger partial charge in [0.2, 0.25) is 11.8 Å². The average Bonchev–Trinajstić information content (AvgIpc) is 3.51. The van der Waals surface area contributed by atoms with Crippen molar-refractivity contribution in [2.24, 2.45) is 40.5 Å². The molecule has 55 heavy (non-hydrogen) atoms. The van der Waals surface area contributed by atoms with Crippen LogP contribution >= 0.6 is 11.8 Å². The van der Waals surface area contributed by atoms with Crippen LogP contribution in [0.1, 0.15) is 111 Å². The van der Waals surface area contributed by atoms with Crippen molar-refractivity contribution in [2.75, 3.05) is 16.8 Å². The summed E-state index contributed by atoms with van der Waals surface area (Å²) in [5, 5.41) is 5.03. The van der Waals surface area contributed by atoms with Gasteiger partial charge in [-0.2, -0.15) is 0 Å². The molecule has 0 spiro atoms. The Kier molecular flexibility index (Phi) is 17.8. The van der Waals surface area contributed by atoms with Gasteiger partial charge < -0.3 is 24.9 Å². The minimum Gasteiger partial charge on any atom is -0.748 e. The molecule has 302 valence electrons. The summed E-state index contributed by atoms with van der Waals surface area (Å²) in [6, 6.07) is 0. The molecule has 0 aromatic carbocycles. The van der Waals surface area contributed by atoms with Gasteiger partial charge in [-0.25, -0.2) is 28.0 Å². The number of allylic oxidation sites excluding steroid dienone is 1. The summed E-state index contributed by atoms with van der Waals surface area (Å²) in [5.41, 5.74) is 3.16. The number of carbonyl (C=O) groups excluding carboxylic acids is 3. The summed E-state index contributed by atoms with van der Waals surface area (Å²) in [6.45, 7) is 19.8. The number of amidine groups is 1. The summed E-state index contributed by atoms with van der Waals surface area (Å²) in [5.74, 6) is 1.14. The first kappa shape index (κ1) is 47.4. The van der Waals surface area contributed by atoms with Crippen LogP contribution in [0.2, 0.25) is 0 Å². The van der Waals surface area contributed by atoms with E-state index in [4.69, 9.17) is 19.5 Å². The summed E-state index contributed by atoms with van der Waals surface area (Å²) < 4.78 is 39.2. The van der Waals surface area contributed by atoms with Crippen LogP contribution in [-0.2, 0) is 45.6 Å². The monoisotopic (exact) mass is 814 g/mol. The van der Waals surface area contributed by atoms with Gasteiger partial charge in [0.25, 0.3) is 0 Å². The van der Waals surface area contributed by atoms with Crippen molar-refractivity contribution in [3.05, 3.63) is 33.7 Å². The number of ether oxygens (including phenoxy) is 1. The third-order valence-corrected chi connectivity index (χ3v) is 12.9. The molecular weight excluding hydrogens is 756 g/mol. The predicted molar refractivity (Wildman–Crippen MR) is 210 cm³/mol. The molecule has 0 bridgehead atoms. The van der Waals surface area contributed by atoms with E-state index in [1.54, 1.807) is 19.9 Å². The van der Waals surface area contributed by atoms with Gasteiger partial charge in [0.15, 0.2) is 0 Å². The van der Waals surface area contributed by atoms with E-state index in [9.17, 15) is 27.4 Å². The first-order valence-electron chi connectivity index (χ1n) is 19.1. The number of anilines is 1. The number of esters is 1. The Balaban J connectivity index is 0.00000812. The molecule has 5 atom stereocenters. The van der Waals surface area contributed by atoms with Crippen LogP contribution in [0, 0.1) is 42.4 Å². The van der Waals surface area contributed by atoms with Gasteiger partial charge in [-0.15, -0.1) is 11.8 Å². The first-order valence-corrected chi connectivity index (χ1v) is 21.7. The van der Waals surface area contributed by atoms with Crippen molar-refractivity contribution in [1.82, 2.24) is 10.3 Å². The van der Waals surface area contributed by atoms with E-state index in [1.165, 1.54) is 18.7 Å². The molecule has 0 saturated heterocycles. The standard InChI is InChI=1S/C39H60N4O9S2.Na/c1-20-14-22(3)34(23(4)15-20)51-39(46)33-27(8)32(42-37(33)43-38(45)28(9)53-12-11-13-54(47,48)49)18-31-26(7)30(36(41-31)40-29(10)44)19-50-52-35-24(5)16-21(2)17-25(35)6;/h18,20-25,28,34-35,41H,11-17,19H2,1-10H3,(H,40,44)(H,42,43,45)(H,47,48,49);/q;+1/p-1/b32-18-;. The van der Waals surface area contributed by atoms with E-state index < -0.39 is 33.0 Å². The van der Waals surface area contributed by atoms with E-state index in [1.807, 2.05) is 6.92 Å². The molecule has 4 rings (SSSR count). The molecular formula is C39H59N4NaO9S2. The molecule has 2 amide bonds. The van der Waals surface area contributed by atoms with Crippen molar-refractivity contribution in [3.8, 4) is 0 Å².